The molecule has 0 saturated heterocycles. The minimum absolute atomic E-state index is 0.00997. The van der Waals surface area contributed by atoms with Gasteiger partial charge in [-0.2, -0.15) is 0 Å². The molecule has 6 rings (SSSR count). The number of carbonyl (C=O) groups excluding carboxylic acids is 1. The Balaban J connectivity index is 1.44. The lowest BCUT2D eigenvalue weighted by molar-refractivity contribution is -0.138. The highest BCUT2D eigenvalue weighted by atomic mass is 16.5. The number of hydrogen-bond donors (Lipinski definition) is 1. The molecule has 2 aromatic carbocycles. The number of amides is 1. The molecule has 174 valence electrons. The van der Waals surface area contributed by atoms with Gasteiger partial charge in [-0.05, 0) is 73.8 Å². The molecule has 34 heavy (non-hydrogen) atoms. The zero-order valence-electron chi connectivity index (χ0n) is 19.7. The maximum Gasteiger partial charge on any atom is 0.262 e. The highest BCUT2D eigenvalue weighted by Crippen LogP contribution is 2.62. The third-order valence-corrected chi connectivity index (χ3v) is 8.31. The van der Waals surface area contributed by atoms with E-state index in [1.165, 1.54) is 18.4 Å². The van der Waals surface area contributed by atoms with Gasteiger partial charge in [0, 0.05) is 24.0 Å². The summed E-state index contributed by atoms with van der Waals surface area (Å²) in [5.41, 5.74) is 9.50. The molecule has 0 aromatic heterocycles. The van der Waals surface area contributed by atoms with Crippen LogP contribution >= 0.6 is 0 Å². The lowest BCUT2D eigenvalue weighted by Gasteiger charge is -2.45. The Labute approximate surface area is 201 Å². The summed E-state index contributed by atoms with van der Waals surface area (Å²) in [7, 11) is 1.78. The number of methoxy groups -OCH3 is 1. The van der Waals surface area contributed by atoms with Crippen molar-refractivity contribution in [1.29, 1.82) is 0 Å². The predicted octanol–water partition coefficient (Wildman–Crippen LogP) is 4.13. The molecule has 1 amide bonds. The van der Waals surface area contributed by atoms with Gasteiger partial charge in [0.2, 0.25) is 0 Å². The van der Waals surface area contributed by atoms with Gasteiger partial charge in [-0.3, -0.25) is 9.69 Å². The largest absolute Gasteiger partial charge is 0.381 e. The normalized spacial score (nSPS) is 29.8. The monoisotopic (exact) mass is 453 g/mol. The van der Waals surface area contributed by atoms with Crippen LogP contribution < -0.4 is 5.73 Å². The van der Waals surface area contributed by atoms with Crippen molar-refractivity contribution in [2.24, 2.45) is 22.1 Å². The second kappa shape index (κ2) is 7.99. The molecule has 0 radical (unpaired) electrons. The van der Waals surface area contributed by atoms with Crippen molar-refractivity contribution in [2.45, 2.75) is 63.1 Å². The number of fused-ring (bicyclic) bond motifs is 3. The summed E-state index contributed by atoms with van der Waals surface area (Å²) in [4.78, 5) is 21.2. The molecule has 1 heterocycles. The Bertz CT molecular complexity index is 1210. The zero-order valence-corrected chi connectivity index (χ0v) is 19.7. The summed E-state index contributed by atoms with van der Waals surface area (Å²) in [6, 6.07) is 16.4. The fraction of sp³-hybridized carbons (Fsp3) is 0.448. The fourth-order valence-electron chi connectivity index (χ4n) is 6.27. The first-order valence-corrected chi connectivity index (χ1v) is 12.4. The van der Waals surface area contributed by atoms with Gasteiger partial charge in [-0.1, -0.05) is 48.2 Å². The van der Waals surface area contributed by atoms with E-state index < -0.39 is 5.54 Å². The van der Waals surface area contributed by atoms with Crippen molar-refractivity contribution in [3.05, 3.63) is 70.8 Å². The summed E-state index contributed by atoms with van der Waals surface area (Å²) < 4.78 is 5.68. The maximum atomic E-state index is 14.4. The van der Waals surface area contributed by atoms with Gasteiger partial charge in [-0.15, -0.1) is 0 Å². The number of ether oxygens (including phenoxy) is 1. The Morgan fingerprint density at radius 1 is 1.12 bits per heavy atom. The van der Waals surface area contributed by atoms with Crippen LogP contribution in [-0.4, -0.2) is 30.0 Å². The van der Waals surface area contributed by atoms with Gasteiger partial charge in [-0.25, -0.2) is 4.99 Å². The molecular weight excluding hydrogens is 422 g/mol. The Morgan fingerprint density at radius 3 is 2.59 bits per heavy atom. The molecule has 1 aliphatic heterocycles. The van der Waals surface area contributed by atoms with E-state index in [0.29, 0.717) is 18.4 Å². The summed E-state index contributed by atoms with van der Waals surface area (Å²) in [5, 5.41) is 0. The van der Waals surface area contributed by atoms with Crippen LogP contribution in [-0.2, 0) is 28.0 Å². The number of carbonyl (C=O) groups is 1. The smallest absolute Gasteiger partial charge is 0.262 e. The highest BCUT2D eigenvalue weighted by molar-refractivity contribution is 6.08. The minimum atomic E-state index is -0.975. The van der Waals surface area contributed by atoms with Crippen LogP contribution in [0.2, 0.25) is 0 Å². The van der Waals surface area contributed by atoms with Crippen LogP contribution in [0, 0.1) is 23.2 Å². The Hall–Kier alpha value is -3.10. The maximum absolute atomic E-state index is 14.4. The van der Waals surface area contributed by atoms with Crippen LogP contribution in [0.25, 0.3) is 0 Å². The predicted molar refractivity (Wildman–Crippen MR) is 132 cm³/mol. The van der Waals surface area contributed by atoms with Crippen molar-refractivity contribution < 1.29 is 9.53 Å². The third-order valence-electron chi connectivity index (χ3n) is 8.31. The molecular formula is C29H31N3O2. The summed E-state index contributed by atoms with van der Waals surface area (Å²) in [6.07, 6.45) is 7.12. The van der Waals surface area contributed by atoms with E-state index >= 15 is 0 Å². The van der Waals surface area contributed by atoms with Gasteiger partial charge in [0.05, 0.1) is 12.6 Å². The molecule has 2 spiro atoms. The van der Waals surface area contributed by atoms with E-state index in [1.54, 1.807) is 12.0 Å². The molecule has 1 atom stereocenters. The molecule has 2 aromatic rings. The van der Waals surface area contributed by atoms with E-state index in [2.05, 4.69) is 30.0 Å². The van der Waals surface area contributed by atoms with Gasteiger partial charge >= 0.3 is 0 Å². The van der Waals surface area contributed by atoms with Gasteiger partial charge in [0.15, 0.2) is 11.5 Å². The number of nitrogens with two attached hydrogens (primary N) is 1. The quantitative estimate of drug-likeness (QED) is 0.711. The topological polar surface area (TPSA) is 67.9 Å². The standard InChI is InChI=1S/C29H31N3O2/c1-34-24-13-15-28(16-14-24)18-23-12-11-21(10-9-20-7-8-20)17-25(23)29(28)26(33)32(27(30)31-29)19-22-5-3-2-4-6-22/h2-6,11-12,17,20,24H,7-8,13-16,18-19H2,1H3,(H2,30,31)/t24?,28?,29-/m1/s1. The molecule has 4 aliphatic rings. The highest BCUT2D eigenvalue weighted by Gasteiger charge is 2.66. The first-order chi connectivity index (χ1) is 16.5. The number of guanidine groups is 1. The van der Waals surface area contributed by atoms with E-state index in [-0.39, 0.29) is 17.4 Å². The van der Waals surface area contributed by atoms with Crippen LogP contribution in [0.5, 0.6) is 0 Å². The summed E-state index contributed by atoms with van der Waals surface area (Å²) in [5.74, 6) is 7.58. The molecule has 2 saturated carbocycles. The second-order valence-corrected chi connectivity index (χ2v) is 10.4. The first-order valence-electron chi connectivity index (χ1n) is 12.4. The van der Waals surface area contributed by atoms with Crippen molar-refractivity contribution in [1.82, 2.24) is 4.90 Å². The number of rotatable bonds is 3. The van der Waals surface area contributed by atoms with Crippen molar-refractivity contribution in [3.63, 3.8) is 0 Å². The van der Waals surface area contributed by atoms with Crippen molar-refractivity contribution in [3.8, 4) is 11.8 Å². The van der Waals surface area contributed by atoms with Crippen LogP contribution in [0.3, 0.4) is 0 Å². The second-order valence-electron chi connectivity index (χ2n) is 10.4. The lowest BCUT2D eigenvalue weighted by atomic mass is 9.61. The molecule has 0 unspecified atom stereocenters. The summed E-state index contributed by atoms with van der Waals surface area (Å²) in [6.45, 7) is 0.435. The fourth-order valence-corrected chi connectivity index (χ4v) is 6.27. The molecule has 5 nitrogen and oxygen atoms in total. The van der Waals surface area contributed by atoms with Crippen LogP contribution in [0.4, 0.5) is 0 Å². The van der Waals surface area contributed by atoms with E-state index in [0.717, 1.165) is 48.8 Å². The van der Waals surface area contributed by atoms with Crippen molar-refractivity contribution in [2.75, 3.05) is 7.11 Å². The van der Waals surface area contributed by atoms with E-state index in [9.17, 15) is 4.79 Å². The van der Waals surface area contributed by atoms with E-state index in [4.69, 9.17) is 15.5 Å². The number of hydrogen-bond acceptors (Lipinski definition) is 4. The molecule has 0 bridgehead atoms. The zero-order chi connectivity index (χ0) is 23.3. The minimum Gasteiger partial charge on any atom is -0.381 e. The Morgan fingerprint density at radius 2 is 1.88 bits per heavy atom. The van der Waals surface area contributed by atoms with Gasteiger partial charge in [0.1, 0.15) is 0 Å². The molecule has 5 heteroatoms. The summed E-state index contributed by atoms with van der Waals surface area (Å²) >= 11 is 0. The van der Waals surface area contributed by atoms with E-state index in [1.807, 2.05) is 30.3 Å². The number of aliphatic imine (C=N–C) groups is 1. The average Bonchev–Trinajstić information content (AvgIpc) is 3.62. The Kier molecular flexibility index (Phi) is 5.04. The SMILES string of the molecule is COC1CCC2(CC1)Cc1ccc(C#CC3CC3)cc1[C@]21N=C(N)N(Cc2ccccc2)C1=O. The molecule has 3 aliphatic carbocycles. The first kappa shape index (κ1) is 21.4. The molecule has 2 N–H and O–H groups in total. The van der Waals surface area contributed by atoms with Gasteiger partial charge < -0.3 is 10.5 Å². The lowest BCUT2D eigenvalue weighted by Crippen LogP contribution is -2.52. The average molecular weight is 454 g/mol. The van der Waals surface area contributed by atoms with Crippen LogP contribution in [0.15, 0.2) is 53.5 Å². The van der Waals surface area contributed by atoms with Crippen molar-refractivity contribution >= 4 is 11.9 Å². The molecule has 2 fully saturated rings. The third kappa shape index (κ3) is 3.27. The van der Waals surface area contributed by atoms with Crippen LogP contribution in [0.1, 0.15) is 60.8 Å². The number of benzene rings is 2. The van der Waals surface area contributed by atoms with Gasteiger partial charge in [0.25, 0.3) is 5.91 Å². The number of nitrogens with zero attached hydrogens (tertiary/aromatic N) is 2.